The maximum absolute atomic E-state index is 11.0. The second kappa shape index (κ2) is 4.87. The second-order valence-electron chi connectivity index (χ2n) is 4.22. The number of aryl methyl sites for hydroxylation is 1. The molecule has 0 unspecified atom stereocenters. The average molecular weight is 256 g/mol. The highest BCUT2D eigenvalue weighted by Crippen LogP contribution is 2.23. The molecule has 17 heavy (non-hydrogen) atoms. The number of hydrogen-bond donors (Lipinski definition) is 1. The maximum Gasteiger partial charge on any atom is 0.308 e. The number of carboxylic acids is 1. The quantitative estimate of drug-likeness (QED) is 0.816. The first-order valence-electron chi connectivity index (χ1n) is 5.55. The Balaban J connectivity index is 2.18. The van der Waals surface area contributed by atoms with E-state index in [-0.39, 0.29) is 5.92 Å². The zero-order chi connectivity index (χ0) is 12.4. The van der Waals surface area contributed by atoms with Crippen LogP contribution in [0.2, 0.25) is 5.15 Å². The first kappa shape index (κ1) is 12.1. The van der Waals surface area contributed by atoms with Gasteiger partial charge in [0.05, 0.1) is 5.92 Å². The molecular weight excluding hydrogens is 242 g/mol. The Bertz CT molecular complexity index is 418. The summed E-state index contributed by atoms with van der Waals surface area (Å²) in [4.78, 5) is 21.2. The van der Waals surface area contributed by atoms with Crippen molar-refractivity contribution in [3.63, 3.8) is 0 Å². The topological polar surface area (TPSA) is 66.3 Å². The van der Waals surface area contributed by atoms with Gasteiger partial charge in [0.2, 0.25) is 0 Å². The van der Waals surface area contributed by atoms with Gasteiger partial charge >= 0.3 is 5.97 Å². The van der Waals surface area contributed by atoms with Gasteiger partial charge in [0.15, 0.2) is 0 Å². The van der Waals surface area contributed by atoms with Crippen LogP contribution in [0.1, 0.15) is 18.7 Å². The van der Waals surface area contributed by atoms with Gasteiger partial charge < -0.3 is 10.0 Å². The smallest absolute Gasteiger partial charge is 0.308 e. The van der Waals surface area contributed by atoms with E-state index in [1.165, 1.54) is 0 Å². The molecule has 1 aliphatic rings. The van der Waals surface area contributed by atoms with Gasteiger partial charge in [0, 0.05) is 19.2 Å². The van der Waals surface area contributed by atoms with Gasteiger partial charge in [0.25, 0.3) is 0 Å². The second-order valence-corrected chi connectivity index (χ2v) is 4.61. The Kier molecular flexibility index (Phi) is 3.47. The summed E-state index contributed by atoms with van der Waals surface area (Å²) < 4.78 is 0. The molecular formula is C11H14ClN3O2. The van der Waals surface area contributed by atoms with Crippen LogP contribution < -0.4 is 4.90 Å². The van der Waals surface area contributed by atoms with Crippen molar-refractivity contribution in [1.29, 1.82) is 0 Å². The third-order valence-electron chi connectivity index (χ3n) is 2.89. The summed E-state index contributed by atoms with van der Waals surface area (Å²) in [5.41, 5.74) is 0. The van der Waals surface area contributed by atoms with Crippen molar-refractivity contribution >= 4 is 23.4 Å². The predicted molar refractivity (Wildman–Crippen MR) is 64.4 cm³/mol. The molecule has 1 aromatic rings. The Hall–Kier alpha value is -1.36. The van der Waals surface area contributed by atoms with Crippen LogP contribution in [0, 0.1) is 12.8 Å². The zero-order valence-corrected chi connectivity index (χ0v) is 10.3. The summed E-state index contributed by atoms with van der Waals surface area (Å²) in [6.07, 6.45) is 1.58. The van der Waals surface area contributed by atoms with Gasteiger partial charge in [-0.2, -0.15) is 0 Å². The van der Waals surface area contributed by atoms with E-state index in [4.69, 9.17) is 16.7 Å². The highest BCUT2D eigenvalue weighted by atomic mass is 35.5. The molecule has 1 aliphatic heterocycles. The van der Waals surface area contributed by atoms with E-state index in [0.29, 0.717) is 23.3 Å². The van der Waals surface area contributed by atoms with Crippen LogP contribution in [0.15, 0.2) is 6.07 Å². The van der Waals surface area contributed by atoms with E-state index in [1.54, 1.807) is 13.0 Å². The number of carboxylic acid groups (broad SMARTS) is 1. The van der Waals surface area contributed by atoms with E-state index in [9.17, 15) is 4.79 Å². The number of carbonyl (C=O) groups is 1. The lowest BCUT2D eigenvalue weighted by Gasteiger charge is -2.31. The van der Waals surface area contributed by atoms with Crippen LogP contribution in [-0.2, 0) is 4.79 Å². The van der Waals surface area contributed by atoms with Gasteiger partial charge in [-0.25, -0.2) is 9.97 Å². The van der Waals surface area contributed by atoms with Crippen LogP contribution in [-0.4, -0.2) is 34.1 Å². The molecule has 6 heteroatoms. The lowest BCUT2D eigenvalue weighted by Crippen LogP contribution is -2.39. The number of aliphatic carboxylic acids is 1. The number of aromatic nitrogens is 2. The third kappa shape index (κ3) is 2.85. The van der Waals surface area contributed by atoms with Crippen LogP contribution in [0.25, 0.3) is 0 Å². The minimum Gasteiger partial charge on any atom is -0.481 e. The van der Waals surface area contributed by atoms with Crippen LogP contribution in [0.3, 0.4) is 0 Å². The minimum absolute atomic E-state index is 0.321. The summed E-state index contributed by atoms with van der Waals surface area (Å²) in [5, 5.41) is 9.42. The molecule has 0 amide bonds. The van der Waals surface area contributed by atoms with Gasteiger partial charge in [0.1, 0.15) is 16.8 Å². The molecule has 1 atom stereocenters. The lowest BCUT2D eigenvalue weighted by molar-refractivity contribution is -0.141. The van der Waals surface area contributed by atoms with Crippen molar-refractivity contribution in [3.8, 4) is 0 Å². The van der Waals surface area contributed by atoms with Crippen molar-refractivity contribution in [2.75, 3.05) is 18.0 Å². The molecule has 5 nitrogen and oxygen atoms in total. The number of rotatable bonds is 2. The largest absolute Gasteiger partial charge is 0.481 e. The molecule has 92 valence electrons. The molecule has 0 spiro atoms. The maximum atomic E-state index is 11.0. The van der Waals surface area contributed by atoms with Crippen molar-refractivity contribution in [3.05, 3.63) is 17.0 Å². The van der Waals surface area contributed by atoms with E-state index in [1.807, 2.05) is 4.90 Å². The van der Waals surface area contributed by atoms with E-state index in [2.05, 4.69) is 9.97 Å². The summed E-state index contributed by atoms with van der Waals surface area (Å²) in [6.45, 7) is 3.08. The lowest BCUT2D eigenvalue weighted by atomic mass is 9.98. The summed E-state index contributed by atoms with van der Waals surface area (Å²) in [5.74, 6) is 0.253. The first-order valence-corrected chi connectivity index (χ1v) is 5.93. The number of piperidine rings is 1. The standard InChI is InChI=1S/C11H14ClN3O2/c1-7-13-9(12)5-10(14-7)15-4-2-3-8(6-15)11(16)17/h5,8H,2-4,6H2,1H3,(H,16,17)/t8-/m0/s1. The Morgan fingerprint density at radius 2 is 2.35 bits per heavy atom. The Morgan fingerprint density at radius 3 is 3.00 bits per heavy atom. The molecule has 0 saturated carbocycles. The number of anilines is 1. The number of hydrogen-bond acceptors (Lipinski definition) is 4. The van der Waals surface area contributed by atoms with Crippen molar-refractivity contribution in [1.82, 2.24) is 9.97 Å². The third-order valence-corrected chi connectivity index (χ3v) is 3.08. The highest BCUT2D eigenvalue weighted by Gasteiger charge is 2.26. The highest BCUT2D eigenvalue weighted by molar-refractivity contribution is 6.29. The van der Waals surface area contributed by atoms with E-state index >= 15 is 0 Å². The monoisotopic (exact) mass is 255 g/mol. The van der Waals surface area contributed by atoms with Gasteiger partial charge in [-0.1, -0.05) is 11.6 Å². The van der Waals surface area contributed by atoms with Crippen LogP contribution >= 0.6 is 11.6 Å². The van der Waals surface area contributed by atoms with Crippen molar-refractivity contribution in [2.45, 2.75) is 19.8 Å². The van der Waals surface area contributed by atoms with Crippen molar-refractivity contribution < 1.29 is 9.90 Å². The first-order chi connectivity index (χ1) is 8.06. The molecule has 0 radical (unpaired) electrons. The minimum atomic E-state index is -0.744. The fraction of sp³-hybridized carbons (Fsp3) is 0.545. The molecule has 2 heterocycles. The molecule has 1 saturated heterocycles. The summed E-state index contributed by atoms with van der Waals surface area (Å²) in [6, 6.07) is 1.68. The average Bonchev–Trinajstić information content (AvgIpc) is 2.28. The molecule has 0 aromatic carbocycles. The van der Waals surface area contributed by atoms with Gasteiger partial charge in [-0.15, -0.1) is 0 Å². The van der Waals surface area contributed by atoms with Crippen LogP contribution in [0.4, 0.5) is 5.82 Å². The van der Waals surface area contributed by atoms with Gasteiger partial charge in [-0.05, 0) is 19.8 Å². The molecule has 1 aromatic heterocycles. The number of nitrogens with zero attached hydrogens (tertiary/aromatic N) is 3. The molecule has 2 rings (SSSR count). The fourth-order valence-electron chi connectivity index (χ4n) is 2.07. The zero-order valence-electron chi connectivity index (χ0n) is 9.56. The van der Waals surface area contributed by atoms with Crippen molar-refractivity contribution in [2.24, 2.45) is 5.92 Å². The van der Waals surface area contributed by atoms with E-state index < -0.39 is 5.97 Å². The van der Waals surface area contributed by atoms with Gasteiger partial charge in [-0.3, -0.25) is 4.79 Å². The Morgan fingerprint density at radius 1 is 1.59 bits per heavy atom. The molecule has 0 bridgehead atoms. The summed E-state index contributed by atoms with van der Waals surface area (Å²) >= 11 is 5.87. The SMILES string of the molecule is Cc1nc(Cl)cc(N2CCC[C@H](C(=O)O)C2)n1. The fourth-order valence-corrected chi connectivity index (χ4v) is 2.29. The normalized spacial score (nSPS) is 20.4. The number of halogens is 1. The predicted octanol–water partition coefficient (Wildman–Crippen LogP) is 1.74. The Labute approximate surface area is 104 Å². The van der Waals surface area contributed by atoms with Crippen LogP contribution in [0.5, 0.6) is 0 Å². The molecule has 1 N–H and O–H groups in total. The molecule has 0 aliphatic carbocycles. The summed E-state index contributed by atoms with van der Waals surface area (Å²) in [7, 11) is 0. The molecule has 1 fully saturated rings. The van der Waals surface area contributed by atoms with E-state index in [0.717, 1.165) is 19.4 Å².